The van der Waals surface area contributed by atoms with E-state index in [4.69, 9.17) is 5.26 Å². The number of hydrogen-bond donors (Lipinski definition) is 0. The van der Waals surface area contributed by atoms with Crippen LogP contribution in [0, 0.1) is 11.3 Å². The van der Waals surface area contributed by atoms with Crippen LogP contribution in [0.25, 0.3) is 0 Å². The Labute approximate surface area is 109 Å². The number of sulfone groups is 1. The summed E-state index contributed by atoms with van der Waals surface area (Å²) in [6.07, 6.45) is 1.96. The van der Waals surface area contributed by atoms with E-state index in [1.807, 2.05) is 26.0 Å². The number of benzene rings is 1. The zero-order valence-electron chi connectivity index (χ0n) is 10.9. The van der Waals surface area contributed by atoms with Crippen LogP contribution in [0.4, 0.5) is 0 Å². The molecule has 1 atom stereocenters. The number of nitrogens with zero attached hydrogens (tertiary/aromatic N) is 1. The third kappa shape index (κ3) is 3.85. The molecule has 0 aliphatic rings. The minimum Gasteiger partial charge on any atom is -0.224 e. The average Bonchev–Trinajstić information content (AvgIpc) is 2.36. The van der Waals surface area contributed by atoms with E-state index in [0.717, 1.165) is 12.0 Å². The first kappa shape index (κ1) is 14.7. The Hall–Kier alpha value is -1.34. The molecule has 0 fully saturated rings. The van der Waals surface area contributed by atoms with E-state index in [1.54, 1.807) is 12.1 Å². The summed E-state index contributed by atoms with van der Waals surface area (Å²) in [5.74, 6) is 0.476. The zero-order valence-corrected chi connectivity index (χ0v) is 11.7. The van der Waals surface area contributed by atoms with Gasteiger partial charge in [-0.3, -0.25) is 0 Å². The van der Waals surface area contributed by atoms with Gasteiger partial charge in [0.15, 0.2) is 9.84 Å². The first-order valence-corrected chi connectivity index (χ1v) is 7.86. The molecule has 18 heavy (non-hydrogen) atoms. The number of hydrogen-bond acceptors (Lipinski definition) is 3. The lowest BCUT2D eigenvalue weighted by Crippen LogP contribution is -2.06. The molecule has 0 aliphatic heterocycles. The Balaban J connectivity index is 2.84. The first-order chi connectivity index (χ1) is 8.51. The van der Waals surface area contributed by atoms with Gasteiger partial charge in [-0.05, 0) is 36.5 Å². The molecule has 98 valence electrons. The summed E-state index contributed by atoms with van der Waals surface area (Å²) < 4.78 is 23.7. The van der Waals surface area contributed by atoms with Crippen molar-refractivity contribution in [2.24, 2.45) is 0 Å². The van der Waals surface area contributed by atoms with Gasteiger partial charge in [-0.1, -0.05) is 26.0 Å². The third-order valence-corrected chi connectivity index (χ3v) is 4.91. The van der Waals surface area contributed by atoms with Crippen molar-refractivity contribution in [3.05, 3.63) is 29.8 Å². The minimum absolute atomic E-state index is 0.191. The lowest BCUT2D eigenvalue weighted by Gasteiger charge is -2.10. The summed E-state index contributed by atoms with van der Waals surface area (Å²) in [6, 6.07) is 9.17. The SMILES string of the molecule is CCCS(=O)(=O)c1ccc(C(C)CCC#N)cc1. The fourth-order valence-electron chi connectivity index (χ4n) is 1.84. The van der Waals surface area contributed by atoms with Crippen LogP contribution in [0.1, 0.15) is 44.6 Å². The Bertz CT molecular complexity index is 512. The minimum atomic E-state index is -3.12. The Morgan fingerprint density at radius 3 is 2.39 bits per heavy atom. The largest absolute Gasteiger partial charge is 0.224 e. The maximum absolute atomic E-state index is 11.8. The summed E-state index contributed by atoms with van der Waals surface area (Å²) in [6.45, 7) is 3.91. The van der Waals surface area contributed by atoms with E-state index in [-0.39, 0.29) is 11.7 Å². The fraction of sp³-hybridized carbons (Fsp3) is 0.500. The molecular formula is C14H19NO2S. The smallest absolute Gasteiger partial charge is 0.178 e. The van der Waals surface area contributed by atoms with Crippen molar-refractivity contribution >= 4 is 9.84 Å². The topological polar surface area (TPSA) is 57.9 Å². The standard InChI is InChI=1S/C14H19NO2S/c1-3-11-18(16,17)14-8-6-13(7-9-14)12(2)5-4-10-15/h6-9,12H,3-5,11H2,1-2H3. The molecule has 0 saturated carbocycles. The second-order valence-corrected chi connectivity index (χ2v) is 6.59. The maximum Gasteiger partial charge on any atom is 0.178 e. The highest BCUT2D eigenvalue weighted by Crippen LogP contribution is 2.22. The van der Waals surface area contributed by atoms with Gasteiger partial charge in [0.25, 0.3) is 0 Å². The fourth-order valence-corrected chi connectivity index (χ4v) is 3.16. The molecule has 0 aromatic heterocycles. The van der Waals surface area contributed by atoms with Crippen LogP contribution in [0.15, 0.2) is 29.2 Å². The van der Waals surface area contributed by atoms with Crippen LogP contribution >= 0.6 is 0 Å². The molecule has 0 radical (unpaired) electrons. The summed E-state index contributed by atoms with van der Waals surface area (Å²) >= 11 is 0. The summed E-state index contributed by atoms with van der Waals surface area (Å²) in [5, 5.41) is 8.54. The molecule has 3 nitrogen and oxygen atoms in total. The van der Waals surface area contributed by atoms with Crippen LogP contribution < -0.4 is 0 Å². The van der Waals surface area contributed by atoms with Gasteiger partial charge in [0.1, 0.15) is 0 Å². The lowest BCUT2D eigenvalue weighted by molar-refractivity contribution is 0.594. The van der Waals surface area contributed by atoms with Crippen LogP contribution in [-0.2, 0) is 9.84 Å². The van der Waals surface area contributed by atoms with Gasteiger partial charge < -0.3 is 0 Å². The van der Waals surface area contributed by atoms with E-state index in [9.17, 15) is 8.42 Å². The van der Waals surface area contributed by atoms with Crippen molar-refractivity contribution in [2.75, 3.05) is 5.75 Å². The predicted molar refractivity (Wildman–Crippen MR) is 72.0 cm³/mol. The van der Waals surface area contributed by atoms with Crippen LogP contribution in [0.3, 0.4) is 0 Å². The molecule has 0 bridgehead atoms. The Morgan fingerprint density at radius 1 is 1.28 bits per heavy atom. The average molecular weight is 265 g/mol. The second-order valence-electron chi connectivity index (χ2n) is 4.49. The second kappa shape index (κ2) is 6.55. The number of nitriles is 1. The van der Waals surface area contributed by atoms with Crippen molar-refractivity contribution in [1.29, 1.82) is 5.26 Å². The monoisotopic (exact) mass is 265 g/mol. The van der Waals surface area contributed by atoms with Crippen molar-refractivity contribution in [2.45, 2.75) is 43.9 Å². The molecule has 0 N–H and O–H groups in total. The lowest BCUT2D eigenvalue weighted by atomic mass is 9.97. The quantitative estimate of drug-likeness (QED) is 0.793. The van der Waals surface area contributed by atoms with E-state index < -0.39 is 9.84 Å². The van der Waals surface area contributed by atoms with Crippen molar-refractivity contribution in [3.63, 3.8) is 0 Å². The van der Waals surface area contributed by atoms with Gasteiger partial charge in [-0.15, -0.1) is 0 Å². The van der Waals surface area contributed by atoms with E-state index in [1.165, 1.54) is 0 Å². The molecule has 0 amide bonds. The van der Waals surface area contributed by atoms with E-state index in [0.29, 0.717) is 17.7 Å². The Kier molecular flexibility index (Phi) is 5.36. The predicted octanol–water partition coefficient (Wildman–Crippen LogP) is 3.28. The first-order valence-electron chi connectivity index (χ1n) is 6.21. The highest BCUT2D eigenvalue weighted by molar-refractivity contribution is 7.91. The van der Waals surface area contributed by atoms with Crippen LogP contribution in [0.5, 0.6) is 0 Å². The normalized spacial score (nSPS) is 12.9. The number of rotatable bonds is 6. The molecular weight excluding hydrogens is 246 g/mol. The molecule has 0 aliphatic carbocycles. The van der Waals surface area contributed by atoms with Gasteiger partial charge in [0, 0.05) is 6.42 Å². The molecule has 0 saturated heterocycles. The van der Waals surface area contributed by atoms with Crippen molar-refractivity contribution in [3.8, 4) is 6.07 Å². The van der Waals surface area contributed by atoms with Gasteiger partial charge >= 0.3 is 0 Å². The van der Waals surface area contributed by atoms with Gasteiger partial charge in [0.05, 0.1) is 16.7 Å². The molecule has 1 aromatic carbocycles. The van der Waals surface area contributed by atoms with E-state index >= 15 is 0 Å². The highest BCUT2D eigenvalue weighted by atomic mass is 32.2. The summed E-state index contributed by atoms with van der Waals surface area (Å²) in [4.78, 5) is 0.389. The van der Waals surface area contributed by atoms with Gasteiger partial charge in [-0.25, -0.2) is 8.42 Å². The maximum atomic E-state index is 11.8. The third-order valence-electron chi connectivity index (χ3n) is 2.97. The molecule has 0 spiro atoms. The van der Waals surface area contributed by atoms with Gasteiger partial charge in [-0.2, -0.15) is 5.26 Å². The molecule has 1 unspecified atom stereocenters. The Morgan fingerprint density at radius 2 is 1.89 bits per heavy atom. The van der Waals surface area contributed by atoms with Crippen LogP contribution in [-0.4, -0.2) is 14.2 Å². The summed E-state index contributed by atoms with van der Waals surface area (Å²) in [7, 11) is -3.12. The summed E-state index contributed by atoms with van der Waals surface area (Å²) in [5.41, 5.74) is 1.08. The zero-order chi connectivity index (χ0) is 13.6. The van der Waals surface area contributed by atoms with Crippen molar-refractivity contribution < 1.29 is 8.42 Å². The van der Waals surface area contributed by atoms with Crippen molar-refractivity contribution in [1.82, 2.24) is 0 Å². The van der Waals surface area contributed by atoms with Crippen LogP contribution in [0.2, 0.25) is 0 Å². The van der Waals surface area contributed by atoms with E-state index in [2.05, 4.69) is 6.07 Å². The highest BCUT2D eigenvalue weighted by Gasteiger charge is 2.13. The van der Waals surface area contributed by atoms with Gasteiger partial charge in [0.2, 0.25) is 0 Å². The molecule has 1 rings (SSSR count). The molecule has 1 aromatic rings. The molecule has 0 heterocycles. The molecule has 4 heteroatoms.